The second kappa shape index (κ2) is 7.88. The smallest absolute Gasteiger partial charge is 0.435 e. The summed E-state index contributed by atoms with van der Waals surface area (Å²) in [6.45, 7) is 3.27. The summed E-state index contributed by atoms with van der Waals surface area (Å²) in [5.41, 5.74) is 0.297. The Balaban J connectivity index is 2.27. The molecule has 0 spiro atoms. The number of quaternary nitrogens is 1. The summed E-state index contributed by atoms with van der Waals surface area (Å²) in [6.07, 6.45) is 2.68. The Hall–Kier alpha value is -2.06. The van der Waals surface area contributed by atoms with Gasteiger partial charge >= 0.3 is 12.0 Å². The molecule has 2 amide bonds. The molecule has 134 valence electrons. The molecule has 2 unspecified atom stereocenters. The first-order valence-corrected chi connectivity index (χ1v) is 8.93. The van der Waals surface area contributed by atoms with Crippen molar-refractivity contribution in [1.29, 1.82) is 0 Å². The van der Waals surface area contributed by atoms with E-state index in [1.807, 2.05) is 0 Å². The van der Waals surface area contributed by atoms with E-state index in [4.69, 9.17) is 0 Å². The van der Waals surface area contributed by atoms with Crippen molar-refractivity contribution in [3.63, 3.8) is 0 Å². The van der Waals surface area contributed by atoms with Crippen LogP contribution in [0.15, 0.2) is 24.5 Å². The van der Waals surface area contributed by atoms with E-state index in [2.05, 4.69) is 4.98 Å². The van der Waals surface area contributed by atoms with Gasteiger partial charge in [-0.15, -0.1) is 0 Å². The van der Waals surface area contributed by atoms with Crippen LogP contribution in [0.5, 0.6) is 0 Å². The highest BCUT2D eigenvalue weighted by molar-refractivity contribution is 8.14. The second-order valence-electron chi connectivity index (χ2n) is 6.17. The molecule has 2 rings (SSSR count). The Morgan fingerprint density at radius 3 is 2.60 bits per heavy atom. The van der Waals surface area contributed by atoms with Crippen LogP contribution in [0.2, 0.25) is 0 Å². The molecule has 0 bridgehead atoms. The first kappa shape index (κ1) is 19.3. The zero-order valence-electron chi connectivity index (χ0n) is 14.2. The highest BCUT2D eigenvalue weighted by Crippen LogP contribution is 2.31. The van der Waals surface area contributed by atoms with Gasteiger partial charge < -0.3 is 5.11 Å². The number of hydrogen-bond acceptors (Lipinski definition) is 6. The summed E-state index contributed by atoms with van der Waals surface area (Å²) in [6, 6.07) is 2.81. The minimum Gasteiger partial charge on any atom is -0.435 e. The van der Waals surface area contributed by atoms with E-state index in [9.17, 15) is 24.3 Å². The zero-order valence-corrected chi connectivity index (χ0v) is 15.0. The van der Waals surface area contributed by atoms with E-state index in [0.29, 0.717) is 18.4 Å². The van der Waals surface area contributed by atoms with Gasteiger partial charge in [-0.1, -0.05) is 11.8 Å². The highest BCUT2D eigenvalue weighted by atomic mass is 32.2. The van der Waals surface area contributed by atoms with Gasteiger partial charge in [0.2, 0.25) is 0 Å². The molecule has 0 aromatic carbocycles. The van der Waals surface area contributed by atoms with E-state index in [-0.39, 0.29) is 24.1 Å². The van der Waals surface area contributed by atoms with E-state index >= 15 is 0 Å². The van der Waals surface area contributed by atoms with Crippen LogP contribution in [0.25, 0.3) is 0 Å². The van der Waals surface area contributed by atoms with Gasteiger partial charge in [0.15, 0.2) is 10.9 Å². The first-order valence-electron chi connectivity index (χ1n) is 8.05. The fourth-order valence-corrected chi connectivity index (χ4v) is 4.11. The molecular formula is C17H21N2O5S+. The Morgan fingerprint density at radius 2 is 2.12 bits per heavy atom. The third-order valence-corrected chi connectivity index (χ3v) is 5.58. The number of ketones is 1. The third-order valence-electron chi connectivity index (χ3n) is 4.58. The van der Waals surface area contributed by atoms with Gasteiger partial charge in [-0.05, 0) is 19.1 Å². The average Bonchev–Trinajstić information content (AvgIpc) is 2.96. The summed E-state index contributed by atoms with van der Waals surface area (Å²) in [5.74, 6) is -0.925. The number of Topliss-reactive ketones (excluding diaryl/α,β-unsaturated/α-hetero) is 1. The molecular weight excluding hydrogens is 344 g/mol. The Kier molecular flexibility index (Phi) is 6.07. The SMILES string of the molecule is CC(=O)SC(CC(=O)[N+]1(C(=O)O)CCC[C@H]1C)C(=O)c1cccnc1. The van der Waals surface area contributed by atoms with Crippen LogP contribution in [-0.2, 0) is 9.59 Å². The average molecular weight is 365 g/mol. The minimum absolute atomic E-state index is 0.216. The molecule has 0 radical (unpaired) electrons. The van der Waals surface area contributed by atoms with Crippen molar-refractivity contribution in [2.24, 2.45) is 0 Å². The molecule has 0 aliphatic carbocycles. The lowest BCUT2D eigenvalue weighted by Gasteiger charge is -2.30. The normalized spacial score (nSPS) is 23.8. The minimum atomic E-state index is -1.20. The number of aromatic nitrogens is 1. The van der Waals surface area contributed by atoms with Crippen LogP contribution in [0.4, 0.5) is 4.79 Å². The maximum Gasteiger partial charge on any atom is 0.521 e. The summed E-state index contributed by atoms with van der Waals surface area (Å²) < 4.78 is -0.671. The van der Waals surface area contributed by atoms with Crippen LogP contribution in [-0.4, -0.2) is 55.3 Å². The topological polar surface area (TPSA) is 101 Å². The fourth-order valence-electron chi connectivity index (χ4n) is 3.24. The van der Waals surface area contributed by atoms with Crippen molar-refractivity contribution in [3.05, 3.63) is 30.1 Å². The number of amides is 2. The van der Waals surface area contributed by atoms with Crippen molar-refractivity contribution in [2.45, 2.75) is 44.4 Å². The summed E-state index contributed by atoms with van der Waals surface area (Å²) >= 11 is 0.761. The summed E-state index contributed by atoms with van der Waals surface area (Å²) in [5, 5.41) is 8.39. The maximum atomic E-state index is 12.8. The van der Waals surface area contributed by atoms with Gasteiger partial charge in [0.25, 0.3) is 0 Å². The number of likely N-dealkylation sites (tertiary alicyclic amines) is 1. The monoisotopic (exact) mass is 365 g/mol. The largest absolute Gasteiger partial charge is 0.521 e. The lowest BCUT2D eigenvalue weighted by Crippen LogP contribution is -2.59. The van der Waals surface area contributed by atoms with E-state index in [1.54, 1.807) is 19.1 Å². The lowest BCUT2D eigenvalue weighted by molar-refractivity contribution is -0.792. The van der Waals surface area contributed by atoms with Gasteiger partial charge in [0.05, 0.1) is 18.2 Å². The molecule has 1 aliphatic heterocycles. The molecule has 2 heterocycles. The number of thioether (sulfide) groups is 1. The molecule has 1 saturated heterocycles. The van der Waals surface area contributed by atoms with E-state index in [0.717, 1.165) is 11.8 Å². The van der Waals surface area contributed by atoms with Gasteiger partial charge in [-0.3, -0.25) is 14.6 Å². The van der Waals surface area contributed by atoms with Crippen LogP contribution in [0.3, 0.4) is 0 Å². The van der Waals surface area contributed by atoms with Crippen molar-refractivity contribution in [1.82, 2.24) is 4.98 Å². The quantitative estimate of drug-likeness (QED) is 0.632. The summed E-state index contributed by atoms with van der Waals surface area (Å²) in [4.78, 5) is 52.7. The predicted molar refractivity (Wildman–Crippen MR) is 92.1 cm³/mol. The van der Waals surface area contributed by atoms with Crippen molar-refractivity contribution in [3.8, 4) is 0 Å². The molecule has 3 atom stereocenters. The number of imide groups is 1. The fraction of sp³-hybridized carbons (Fsp3) is 0.471. The number of nitrogens with zero attached hydrogens (tertiary/aromatic N) is 2. The number of carboxylic acid groups (broad SMARTS) is 1. The summed E-state index contributed by atoms with van der Waals surface area (Å²) in [7, 11) is 0. The molecule has 0 saturated carbocycles. The maximum absolute atomic E-state index is 12.8. The van der Waals surface area contributed by atoms with Crippen molar-refractivity contribution < 1.29 is 28.8 Å². The Bertz CT molecular complexity index is 694. The standard InChI is InChI=1S/C17H20N2O5S/c1-11-5-4-8-19(11,17(23)24)15(21)9-14(25-12(2)20)16(22)13-6-3-7-18-10-13/h3,6-7,10-11,14H,4-5,8-9H2,1-2H3/p+1/t11-,14?,19?/m1/s1. The Morgan fingerprint density at radius 1 is 1.40 bits per heavy atom. The number of carbonyl (C=O) groups excluding carboxylic acids is 3. The number of hydrogen-bond donors (Lipinski definition) is 1. The lowest BCUT2D eigenvalue weighted by atomic mass is 10.1. The number of rotatable bonds is 5. The van der Waals surface area contributed by atoms with Crippen molar-refractivity contribution in [2.75, 3.05) is 6.54 Å². The molecule has 1 aliphatic rings. The third kappa shape index (κ3) is 3.96. The highest BCUT2D eigenvalue weighted by Gasteiger charge is 2.53. The molecule has 25 heavy (non-hydrogen) atoms. The van der Waals surface area contributed by atoms with Crippen LogP contribution >= 0.6 is 11.8 Å². The molecule has 1 fully saturated rings. The van der Waals surface area contributed by atoms with Crippen LogP contribution < -0.4 is 0 Å². The second-order valence-corrected chi connectivity index (χ2v) is 7.55. The molecule has 1 aromatic heterocycles. The van der Waals surface area contributed by atoms with Gasteiger partial charge in [0.1, 0.15) is 6.04 Å². The van der Waals surface area contributed by atoms with Gasteiger partial charge in [-0.25, -0.2) is 4.79 Å². The van der Waals surface area contributed by atoms with Crippen molar-refractivity contribution >= 4 is 34.7 Å². The zero-order chi connectivity index (χ0) is 18.6. The molecule has 1 N–H and O–H groups in total. The molecule has 1 aromatic rings. The molecule has 7 nitrogen and oxygen atoms in total. The Labute approximate surface area is 150 Å². The predicted octanol–water partition coefficient (Wildman–Crippen LogP) is 2.51. The van der Waals surface area contributed by atoms with Gasteiger partial charge in [-0.2, -0.15) is 9.28 Å². The van der Waals surface area contributed by atoms with Gasteiger partial charge in [0, 0.05) is 37.7 Å². The number of carbonyl (C=O) groups is 4. The number of pyridine rings is 1. The van der Waals surface area contributed by atoms with Crippen LogP contribution in [0, 0.1) is 0 Å². The molecule has 8 heteroatoms. The first-order chi connectivity index (χ1) is 11.8. The van der Waals surface area contributed by atoms with E-state index in [1.165, 1.54) is 19.3 Å². The van der Waals surface area contributed by atoms with Crippen LogP contribution in [0.1, 0.15) is 43.5 Å². The van der Waals surface area contributed by atoms with E-state index < -0.39 is 27.5 Å².